The number of thioether (sulfide) groups is 1. The summed E-state index contributed by atoms with van der Waals surface area (Å²) in [6, 6.07) is 18.5. The van der Waals surface area contributed by atoms with Crippen LogP contribution < -0.4 is 4.74 Å². The Kier molecular flexibility index (Phi) is 5.17. The molecule has 2 aromatic heterocycles. The number of fused-ring (bicyclic) bond motifs is 1. The lowest BCUT2D eigenvalue weighted by Gasteiger charge is -2.01. The van der Waals surface area contributed by atoms with Crippen molar-refractivity contribution in [2.75, 3.05) is 7.11 Å². The minimum absolute atomic E-state index is 0.786. The lowest BCUT2D eigenvalue weighted by molar-refractivity contribution is 0.414. The van der Waals surface area contributed by atoms with Crippen molar-refractivity contribution in [2.45, 2.75) is 17.9 Å². The van der Waals surface area contributed by atoms with Crippen LogP contribution in [0, 0.1) is 0 Å². The number of hydrogen-bond donors (Lipinski definition) is 0. The van der Waals surface area contributed by atoms with Crippen molar-refractivity contribution in [3.8, 4) is 5.75 Å². The van der Waals surface area contributed by atoms with Gasteiger partial charge in [-0.15, -0.1) is 22.0 Å². The smallest absolute Gasteiger partial charge is 0.234 e. The van der Waals surface area contributed by atoms with Crippen molar-refractivity contribution >= 4 is 28.1 Å². The van der Waals surface area contributed by atoms with Gasteiger partial charge in [-0.05, 0) is 23.3 Å². The van der Waals surface area contributed by atoms with Crippen molar-refractivity contribution in [3.63, 3.8) is 0 Å². The molecule has 0 N–H and O–H groups in total. The third-order valence-electron chi connectivity index (χ3n) is 3.95. The monoisotopic (exact) mass is 382 g/mol. The van der Waals surface area contributed by atoms with Crippen LogP contribution in [0.25, 0.3) is 4.96 Å². The fourth-order valence-electron chi connectivity index (χ4n) is 2.61. The number of hydrogen-bond acceptors (Lipinski definition) is 6. The second-order valence-electron chi connectivity index (χ2n) is 5.81. The molecule has 4 rings (SSSR count). The summed E-state index contributed by atoms with van der Waals surface area (Å²) in [5.74, 6) is 3.52. The van der Waals surface area contributed by atoms with E-state index in [1.165, 1.54) is 11.1 Å². The van der Waals surface area contributed by atoms with Gasteiger partial charge in [0, 0.05) is 12.2 Å². The van der Waals surface area contributed by atoms with E-state index in [9.17, 15) is 0 Å². The topological polar surface area (TPSA) is 52.3 Å². The van der Waals surface area contributed by atoms with Crippen LogP contribution in [0.4, 0.5) is 0 Å². The summed E-state index contributed by atoms with van der Waals surface area (Å²) in [5.41, 5.74) is 2.52. The molecule has 2 aromatic carbocycles. The molecule has 0 aliphatic rings. The molecule has 0 aliphatic carbocycles. The van der Waals surface area contributed by atoms with E-state index >= 15 is 0 Å². The first-order valence-corrected chi connectivity index (χ1v) is 10.2. The normalized spacial score (nSPS) is 11.1. The number of methoxy groups -OCH3 is 1. The molecule has 26 heavy (non-hydrogen) atoms. The molecule has 0 saturated heterocycles. The highest BCUT2D eigenvalue weighted by molar-refractivity contribution is 7.97. The summed E-state index contributed by atoms with van der Waals surface area (Å²) >= 11 is 3.41. The first-order valence-electron chi connectivity index (χ1n) is 8.26. The Labute approximate surface area is 160 Å². The Morgan fingerprint density at radius 1 is 0.962 bits per heavy atom. The minimum Gasteiger partial charge on any atom is -0.497 e. The molecule has 5 nitrogen and oxygen atoms in total. The molecule has 0 aliphatic heterocycles. The maximum absolute atomic E-state index is 5.20. The maximum Gasteiger partial charge on any atom is 0.234 e. The molecular formula is C19H18N4OS2. The maximum atomic E-state index is 5.20. The predicted octanol–water partition coefficient (Wildman–Crippen LogP) is 4.22. The van der Waals surface area contributed by atoms with Gasteiger partial charge in [0.05, 0.1) is 12.9 Å². The molecular weight excluding hydrogens is 364 g/mol. The molecule has 2 heterocycles. The highest BCUT2D eigenvalue weighted by Gasteiger charge is 2.12. The summed E-state index contributed by atoms with van der Waals surface area (Å²) in [5, 5.41) is 14.3. The second kappa shape index (κ2) is 7.88. The lowest BCUT2D eigenvalue weighted by atomic mass is 10.1. The number of benzene rings is 2. The van der Waals surface area contributed by atoms with E-state index in [-0.39, 0.29) is 0 Å². The summed E-state index contributed by atoms with van der Waals surface area (Å²) in [6.07, 6.45) is 0.786. The van der Waals surface area contributed by atoms with Gasteiger partial charge in [-0.2, -0.15) is 9.61 Å². The van der Waals surface area contributed by atoms with Crippen LogP contribution in [0.2, 0.25) is 0 Å². The third kappa shape index (κ3) is 3.89. The van der Waals surface area contributed by atoms with Gasteiger partial charge in [0.1, 0.15) is 10.8 Å². The summed E-state index contributed by atoms with van der Waals surface area (Å²) in [7, 11) is 1.68. The summed E-state index contributed by atoms with van der Waals surface area (Å²) in [6.45, 7) is 0. The van der Waals surface area contributed by atoms with Crippen LogP contribution in [-0.4, -0.2) is 26.9 Å². The largest absolute Gasteiger partial charge is 0.497 e. The van der Waals surface area contributed by atoms with Crippen LogP contribution in [0.15, 0.2) is 54.6 Å². The van der Waals surface area contributed by atoms with E-state index in [1.54, 1.807) is 18.4 Å². The standard InChI is InChI=1S/C19H18N4OS2/c1-24-16-9-7-14(8-10-16)11-18-22-23-17(20-21-19(23)26-18)13-25-12-15-5-3-2-4-6-15/h2-10H,11-13H2,1H3. The number of aromatic nitrogens is 4. The number of ether oxygens (including phenoxy) is 1. The minimum atomic E-state index is 0.786. The molecule has 0 fully saturated rings. The lowest BCUT2D eigenvalue weighted by Crippen LogP contribution is -1.96. The van der Waals surface area contributed by atoms with Crippen LogP contribution in [0.5, 0.6) is 5.75 Å². The SMILES string of the molecule is COc1ccc(Cc2nn3c(CSCc4ccccc4)nnc3s2)cc1. The van der Waals surface area contributed by atoms with E-state index < -0.39 is 0 Å². The summed E-state index contributed by atoms with van der Waals surface area (Å²) < 4.78 is 7.08. The third-order valence-corrected chi connectivity index (χ3v) is 5.85. The Morgan fingerprint density at radius 3 is 2.54 bits per heavy atom. The molecule has 7 heteroatoms. The van der Waals surface area contributed by atoms with Gasteiger partial charge in [0.2, 0.25) is 4.96 Å². The van der Waals surface area contributed by atoms with E-state index in [4.69, 9.17) is 9.84 Å². The zero-order valence-electron chi connectivity index (χ0n) is 14.3. The molecule has 0 bridgehead atoms. The molecule has 0 radical (unpaired) electrons. The van der Waals surface area contributed by atoms with Gasteiger partial charge in [-0.25, -0.2) is 0 Å². The Bertz CT molecular complexity index is 980. The van der Waals surface area contributed by atoms with Gasteiger partial charge in [-0.1, -0.05) is 53.8 Å². The number of rotatable bonds is 7. The van der Waals surface area contributed by atoms with Crippen molar-refractivity contribution in [3.05, 3.63) is 76.6 Å². The molecule has 0 unspecified atom stereocenters. The van der Waals surface area contributed by atoms with E-state index in [0.29, 0.717) is 0 Å². The molecule has 4 aromatic rings. The van der Waals surface area contributed by atoms with Crippen LogP contribution >= 0.6 is 23.1 Å². The molecule has 132 valence electrons. The first-order chi connectivity index (χ1) is 12.8. The van der Waals surface area contributed by atoms with Crippen molar-refractivity contribution in [1.82, 2.24) is 19.8 Å². The Morgan fingerprint density at radius 2 is 1.77 bits per heavy atom. The molecule has 0 saturated carbocycles. The second-order valence-corrected chi connectivity index (χ2v) is 7.84. The predicted molar refractivity (Wildman–Crippen MR) is 106 cm³/mol. The fraction of sp³-hybridized carbons (Fsp3) is 0.211. The fourth-order valence-corrected chi connectivity index (χ4v) is 4.39. The summed E-state index contributed by atoms with van der Waals surface area (Å²) in [4.78, 5) is 0.851. The Hall–Kier alpha value is -2.38. The van der Waals surface area contributed by atoms with E-state index in [0.717, 1.165) is 39.5 Å². The van der Waals surface area contributed by atoms with Gasteiger partial charge >= 0.3 is 0 Å². The average molecular weight is 383 g/mol. The van der Waals surface area contributed by atoms with Gasteiger partial charge in [-0.3, -0.25) is 0 Å². The van der Waals surface area contributed by atoms with Crippen LogP contribution in [0.1, 0.15) is 22.0 Å². The average Bonchev–Trinajstić information content (AvgIpc) is 3.24. The highest BCUT2D eigenvalue weighted by atomic mass is 32.2. The molecule has 0 atom stereocenters. The van der Waals surface area contributed by atoms with Gasteiger partial charge in [0.25, 0.3) is 0 Å². The van der Waals surface area contributed by atoms with Crippen molar-refractivity contribution < 1.29 is 4.74 Å². The Balaban J connectivity index is 1.42. The van der Waals surface area contributed by atoms with Gasteiger partial charge < -0.3 is 4.74 Å². The van der Waals surface area contributed by atoms with Crippen LogP contribution in [-0.2, 0) is 17.9 Å². The van der Waals surface area contributed by atoms with Gasteiger partial charge in [0.15, 0.2) is 5.82 Å². The van der Waals surface area contributed by atoms with E-state index in [1.807, 2.05) is 34.5 Å². The first kappa shape index (κ1) is 17.1. The van der Waals surface area contributed by atoms with Crippen molar-refractivity contribution in [1.29, 1.82) is 0 Å². The van der Waals surface area contributed by atoms with Crippen molar-refractivity contribution in [2.24, 2.45) is 0 Å². The molecule has 0 amide bonds. The van der Waals surface area contributed by atoms with Crippen LogP contribution in [0.3, 0.4) is 0 Å². The zero-order valence-corrected chi connectivity index (χ0v) is 16.0. The highest BCUT2D eigenvalue weighted by Crippen LogP contribution is 2.22. The van der Waals surface area contributed by atoms with E-state index in [2.05, 4.69) is 46.6 Å². The zero-order chi connectivity index (χ0) is 17.8. The molecule has 0 spiro atoms. The number of nitrogens with zero attached hydrogens (tertiary/aromatic N) is 4. The quantitative estimate of drug-likeness (QED) is 0.479.